The van der Waals surface area contributed by atoms with Crippen LogP contribution < -0.4 is 0 Å². The van der Waals surface area contributed by atoms with Crippen molar-refractivity contribution >= 4 is 46.0 Å². The Morgan fingerprint density at radius 3 is 1.15 bits per heavy atom. The number of azo groups is 2. The van der Waals surface area contributed by atoms with Gasteiger partial charge in [-0.3, -0.25) is 0 Å². The standard InChI is InChI=1S/C20H16Cl2N4/c1-13-3-5-17(11-19(13)21)25-23-15-7-9-16(10-8-15)24-26-18-6-4-14(2)20(22)12-18/h3-12H,1-2H3. The van der Waals surface area contributed by atoms with Crippen molar-refractivity contribution in [2.24, 2.45) is 20.5 Å². The van der Waals surface area contributed by atoms with Crippen molar-refractivity contribution in [1.82, 2.24) is 0 Å². The van der Waals surface area contributed by atoms with Crippen LogP contribution in [-0.4, -0.2) is 0 Å². The third kappa shape index (κ3) is 4.75. The molecule has 0 saturated heterocycles. The monoisotopic (exact) mass is 382 g/mol. The van der Waals surface area contributed by atoms with E-state index >= 15 is 0 Å². The Hall–Kier alpha value is -2.56. The van der Waals surface area contributed by atoms with E-state index in [-0.39, 0.29) is 0 Å². The Morgan fingerprint density at radius 1 is 0.500 bits per heavy atom. The van der Waals surface area contributed by atoms with E-state index in [1.807, 2.05) is 62.4 Å². The molecule has 0 unspecified atom stereocenters. The molecule has 3 aromatic rings. The molecule has 6 heteroatoms. The minimum absolute atomic E-state index is 0.674. The lowest BCUT2D eigenvalue weighted by molar-refractivity contribution is 1.21. The minimum atomic E-state index is 0.674. The van der Waals surface area contributed by atoms with Crippen LogP contribution in [0.3, 0.4) is 0 Å². The van der Waals surface area contributed by atoms with Crippen molar-refractivity contribution in [2.45, 2.75) is 13.8 Å². The summed E-state index contributed by atoms with van der Waals surface area (Å²) in [6.45, 7) is 3.89. The second-order valence-electron chi connectivity index (χ2n) is 5.78. The molecular weight excluding hydrogens is 367 g/mol. The molecule has 0 radical (unpaired) electrons. The van der Waals surface area contributed by atoms with Gasteiger partial charge < -0.3 is 0 Å². The molecule has 4 nitrogen and oxygen atoms in total. The Balaban J connectivity index is 1.69. The average Bonchev–Trinajstić information content (AvgIpc) is 2.64. The third-order valence-electron chi connectivity index (χ3n) is 3.72. The maximum Gasteiger partial charge on any atom is 0.0872 e. The molecule has 0 aliphatic heterocycles. The molecule has 130 valence electrons. The van der Waals surface area contributed by atoms with Gasteiger partial charge in [0.2, 0.25) is 0 Å². The second kappa shape index (κ2) is 8.21. The molecule has 0 spiro atoms. The highest BCUT2D eigenvalue weighted by Gasteiger charge is 1.98. The fraction of sp³-hybridized carbons (Fsp3) is 0.100. The molecule has 0 bridgehead atoms. The molecule has 0 aliphatic carbocycles. The van der Waals surface area contributed by atoms with Gasteiger partial charge in [0.15, 0.2) is 0 Å². The van der Waals surface area contributed by atoms with Gasteiger partial charge in [-0.15, -0.1) is 0 Å². The predicted molar refractivity (Wildman–Crippen MR) is 107 cm³/mol. The van der Waals surface area contributed by atoms with Crippen LogP contribution in [0.4, 0.5) is 22.7 Å². The average molecular weight is 383 g/mol. The SMILES string of the molecule is Cc1ccc(N=Nc2ccc(N=Nc3ccc(C)c(Cl)c3)cc2)cc1Cl. The Kier molecular flexibility index (Phi) is 5.76. The largest absolute Gasteiger partial charge is 0.151 e. The summed E-state index contributed by atoms with van der Waals surface area (Å²) < 4.78 is 0. The van der Waals surface area contributed by atoms with Crippen LogP contribution in [0.1, 0.15) is 11.1 Å². The molecule has 0 aliphatic rings. The van der Waals surface area contributed by atoms with Gasteiger partial charge in [0, 0.05) is 10.0 Å². The molecular formula is C20H16Cl2N4. The summed E-state index contributed by atoms with van der Waals surface area (Å²) in [6, 6.07) is 18.5. The lowest BCUT2D eigenvalue weighted by atomic mass is 10.2. The Labute approximate surface area is 162 Å². The number of hydrogen-bond acceptors (Lipinski definition) is 4. The number of nitrogens with zero attached hydrogens (tertiary/aromatic N) is 4. The maximum atomic E-state index is 6.09. The van der Waals surface area contributed by atoms with Gasteiger partial charge in [-0.25, -0.2) is 0 Å². The van der Waals surface area contributed by atoms with E-state index in [0.717, 1.165) is 22.5 Å². The van der Waals surface area contributed by atoms with Gasteiger partial charge in [-0.2, -0.15) is 20.5 Å². The smallest absolute Gasteiger partial charge is 0.0872 e. The first-order valence-electron chi connectivity index (χ1n) is 7.97. The van der Waals surface area contributed by atoms with Crippen LogP contribution in [0.25, 0.3) is 0 Å². The number of hydrogen-bond donors (Lipinski definition) is 0. The van der Waals surface area contributed by atoms with Gasteiger partial charge in [-0.1, -0.05) is 35.3 Å². The summed E-state index contributed by atoms with van der Waals surface area (Å²) in [6.07, 6.45) is 0. The first kappa shape index (κ1) is 18.2. The summed E-state index contributed by atoms with van der Waals surface area (Å²) in [5.74, 6) is 0. The Morgan fingerprint density at radius 2 is 0.808 bits per heavy atom. The highest BCUT2D eigenvalue weighted by Crippen LogP contribution is 2.27. The van der Waals surface area contributed by atoms with E-state index in [1.54, 1.807) is 12.1 Å². The summed E-state index contributed by atoms with van der Waals surface area (Å²) in [5, 5.41) is 18.1. The van der Waals surface area contributed by atoms with Crippen molar-refractivity contribution in [1.29, 1.82) is 0 Å². The fourth-order valence-electron chi connectivity index (χ4n) is 2.10. The fourth-order valence-corrected chi connectivity index (χ4v) is 2.45. The van der Waals surface area contributed by atoms with Crippen molar-refractivity contribution < 1.29 is 0 Å². The van der Waals surface area contributed by atoms with Crippen molar-refractivity contribution in [3.63, 3.8) is 0 Å². The van der Waals surface area contributed by atoms with Crippen molar-refractivity contribution in [2.75, 3.05) is 0 Å². The van der Waals surface area contributed by atoms with Crippen LogP contribution in [0, 0.1) is 13.8 Å². The van der Waals surface area contributed by atoms with Crippen LogP contribution in [0.5, 0.6) is 0 Å². The van der Waals surface area contributed by atoms with Crippen LogP contribution >= 0.6 is 23.2 Å². The summed E-state index contributed by atoms with van der Waals surface area (Å²) >= 11 is 12.2. The topological polar surface area (TPSA) is 49.4 Å². The zero-order valence-corrected chi connectivity index (χ0v) is 15.8. The predicted octanol–water partition coefficient (Wildman–Crippen LogP) is 8.44. The van der Waals surface area contributed by atoms with Gasteiger partial charge in [-0.05, 0) is 73.5 Å². The number of halogens is 2. The molecule has 0 atom stereocenters. The zero-order valence-electron chi connectivity index (χ0n) is 14.3. The number of benzene rings is 3. The third-order valence-corrected chi connectivity index (χ3v) is 4.54. The van der Waals surface area contributed by atoms with Gasteiger partial charge in [0.25, 0.3) is 0 Å². The van der Waals surface area contributed by atoms with E-state index in [1.165, 1.54) is 0 Å². The quantitative estimate of drug-likeness (QED) is 0.406. The van der Waals surface area contributed by atoms with Crippen LogP contribution in [0.15, 0.2) is 81.1 Å². The summed E-state index contributed by atoms with van der Waals surface area (Å²) in [4.78, 5) is 0. The molecule has 3 rings (SSSR count). The number of aryl methyl sites for hydroxylation is 2. The normalized spacial score (nSPS) is 11.5. The van der Waals surface area contributed by atoms with Crippen molar-refractivity contribution in [3.05, 3.63) is 81.8 Å². The lowest BCUT2D eigenvalue weighted by Crippen LogP contribution is -1.73. The minimum Gasteiger partial charge on any atom is -0.151 e. The second-order valence-corrected chi connectivity index (χ2v) is 6.60. The zero-order chi connectivity index (χ0) is 18.5. The van der Waals surface area contributed by atoms with E-state index in [0.29, 0.717) is 21.4 Å². The maximum absolute atomic E-state index is 6.09. The van der Waals surface area contributed by atoms with E-state index in [2.05, 4.69) is 20.5 Å². The summed E-state index contributed by atoms with van der Waals surface area (Å²) in [5.41, 5.74) is 4.88. The molecule has 0 fully saturated rings. The molecule has 0 amide bonds. The lowest BCUT2D eigenvalue weighted by Gasteiger charge is -1.99. The van der Waals surface area contributed by atoms with E-state index in [9.17, 15) is 0 Å². The van der Waals surface area contributed by atoms with Crippen molar-refractivity contribution in [3.8, 4) is 0 Å². The highest BCUT2D eigenvalue weighted by molar-refractivity contribution is 6.31. The molecule has 0 saturated carbocycles. The van der Waals surface area contributed by atoms with Crippen LogP contribution in [-0.2, 0) is 0 Å². The van der Waals surface area contributed by atoms with Gasteiger partial charge >= 0.3 is 0 Å². The molecule has 3 aromatic carbocycles. The van der Waals surface area contributed by atoms with Crippen LogP contribution in [0.2, 0.25) is 10.0 Å². The molecule has 26 heavy (non-hydrogen) atoms. The molecule has 0 N–H and O–H groups in total. The van der Waals surface area contributed by atoms with Gasteiger partial charge in [0.1, 0.15) is 0 Å². The highest BCUT2D eigenvalue weighted by atomic mass is 35.5. The molecule has 0 aromatic heterocycles. The summed E-state index contributed by atoms with van der Waals surface area (Å²) in [7, 11) is 0. The first-order valence-corrected chi connectivity index (χ1v) is 8.73. The van der Waals surface area contributed by atoms with E-state index in [4.69, 9.17) is 23.2 Å². The van der Waals surface area contributed by atoms with Gasteiger partial charge in [0.05, 0.1) is 22.7 Å². The number of rotatable bonds is 4. The van der Waals surface area contributed by atoms with E-state index < -0.39 is 0 Å². The first-order chi connectivity index (χ1) is 12.5. The molecule has 0 heterocycles. The Bertz CT molecular complexity index is 899.